The van der Waals surface area contributed by atoms with Gasteiger partial charge in [-0.15, -0.1) is 0 Å². The lowest BCUT2D eigenvalue weighted by atomic mass is 10.3. The first kappa shape index (κ1) is 16.8. The molecule has 0 fully saturated rings. The molecule has 1 heterocycles. The van der Waals surface area contributed by atoms with Crippen LogP contribution in [-0.2, 0) is 0 Å². The Balaban J connectivity index is 2.24. The van der Waals surface area contributed by atoms with Crippen molar-refractivity contribution in [3.63, 3.8) is 0 Å². The zero-order valence-electron chi connectivity index (χ0n) is 13.0. The van der Waals surface area contributed by atoms with Crippen molar-refractivity contribution >= 4 is 40.7 Å². The highest BCUT2D eigenvalue weighted by Crippen LogP contribution is 2.31. The predicted molar refractivity (Wildman–Crippen MR) is 94.7 cm³/mol. The normalized spacial score (nSPS) is 10.6. The number of hydrogen-bond donors (Lipinski definition) is 1. The van der Waals surface area contributed by atoms with E-state index in [2.05, 4.69) is 27.1 Å². The fourth-order valence-electron chi connectivity index (χ4n) is 2.03. The fourth-order valence-corrected chi connectivity index (χ4v) is 2.38. The molecule has 118 valence electrons. The maximum Gasteiger partial charge on any atom is 0.229 e. The molecule has 0 saturated heterocycles. The fraction of sp³-hybridized carbons (Fsp3) is 0.375. The molecule has 0 radical (unpaired) electrons. The quantitative estimate of drug-likeness (QED) is 0.798. The first-order chi connectivity index (χ1) is 10.5. The highest BCUT2D eigenvalue weighted by atomic mass is 35.5. The Kier molecular flexibility index (Phi) is 5.86. The Morgan fingerprint density at radius 3 is 2.73 bits per heavy atom. The number of benzene rings is 1. The maximum absolute atomic E-state index is 6.19. The molecule has 0 unspecified atom stereocenters. The summed E-state index contributed by atoms with van der Waals surface area (Å²) in [6, 6.07) is 7.40. The van der Waals surface area contributed by atoms with Gasteiger partial charge in [0.15, 0.2) is 0 Å². The number of anilines is 3. The maximum atomic E-state index is 6.19. The van der Waals surface area contributed by atoms with E-state index < -0.39 is 0 Å². The third-order valence-electron chi connectivity index (χ3n) is 3.28. The van der Waals surface area contributed by atoms with Crippen molar-refractivity contribution in [2.75, 3.05) is 23.8 Å². The lowest BCUT2D eigenvalue weighted by molar-refractivity contribution is 0.758. The first-order valence-corrected chi connectivity index (χ1v) is 8.04. The lowest BCUT2D eigenvalue weighted by Gasteiger charge is -2.19. The van der Waals surface area contributed by atoms with E-state index in [4.69, 9.17) is 23.2 Å². The van der Waals surface area contributed by atoms with Gasteiger partial charge in [-0.3, -0.25) is 0 Å². The molecule has 6 heteroatoms. The van der Waals surface area contributed by atoms with Crippen LogP contribution in [0.25, 0.3) is 0 Å². The van der Waals surface area contributed by atoms with Crippen molar-refractivity contribution in [1.82, 2.24) is 9.97 Å². The van der Waals surface area contributed by atoms with E-state index >= 15 is 0 Å². The Labute approximate surface area is 141 Å². The zero-order valence-corrected chi connectivity index (χ0v) is 14.5. The topological polar surface area (TPSA) is 41.1 Å². The number of nitrogens with zero attached hydrogens (tertiary/aromatic N) is 3. The summed E-state index contributed by atoms with van der Waals surface area (Å²) in [4.78, 5) is 11.1. The zero-order chi connectivity index (χ0) is 16.1. The number of aromatic nitrogens is 2. The second kappa shape index (κ2) is 7.65. The minimum Gasteiger partial charge on any atom is -0.360 e. The van der Waals surface area contributed by atoms with Gasteiger partial charge in [0.25, 0.3) is 0 Å². The number of hydrogen-bond acceptors (Lipinski definition) is 4. The smallest absolute Gasteiger partial charge is 0.229 e. The van der Waals surface area contributed by atoms with E-state index in [1.807, 2.05) is 32.2 Å². The predicted octanol–water partition coefficient (Wildman–Crippen LogP) is 5.07. The average molecular weight is 339 g/mol. The van der Waals surface area contributed by atoms with E-state index in [1.165, 1.54) is 0 Å². The Morgan fingerprint density at radius 1 is 1.23 bits per heavy atom. The van der Waals surface area contributed by atoms with Crippen LogP contribution >= 0.6 is 23.2 Å². The lowest BCUT2D eigenvalue weighted by Crippen LogP contribution is -2.20. The Bertz CT molecular complexity index is 646. The van der Waals surface area contributed by atoms with Crippen LogP contribution in [0.3, 0.4) is 0 Å². The summed E-state index contributed by atoms with van der Waals surface area (Å²) < 4.78 is 0. The van der Waals surface area contributed by atoms with Crippen molar-refractivity contribution in [1.29, 1.82) is 0 Å². The molecule has 1 N–H and O–H groups in total. The molecule has 22 heavy (non-hydrogen) atoms. The summed E-state index contributed by atoms with van der Waals surface area (Å²) in [6.45, 7) is 5.08. The molecule has 0 aliphatic carbocycles. The number of aryl methyl sites for hydroxylation is 1. The van der Waals surface area contributed by atoms with Gasteiger partial charge in [0, 0.05) is 25.4 Å². The highest BCUT2D eigenvalue weighted by Gasteiger charge is 2.09. The molecule has 4 nitrogen and oxygen atoms in total. The monoisotopic (exact) mass is 338 g/mol. The van der Waals surface area contributed by atoms with Crippen molar-refractivity contribution in [2.24, 2.45) is 0 Å². The van der Waals surface area contributed by atoms with Gasteiger partial charge in [-0.25, -0.2) is 4.98 Å². The van der Waals surface area contributed by atoms with Gasteiger partial charge >= 0.3 is 0 Å². The van der Waals surface area contributed by atoms with Gasteiger partial charge in [0.2, 0.25) is 5.95 Å². The minimum absolute atomic E-state index is 0.468. The van der Waals surface area contributed by atoms with E-state index in [9.17, 15) is 0 Å². The van der Waals surface area contributed by atoms with Crippen LogP contribution in [0, 0.1) is 6.92 Å². The summed E-state index contributed by atoms with van der Waals surface area (Å²) in [5, 5.41) is 4.11. The third-order valence-corrected chi connectivity index (χ3v) is 4.10. The van der Waals surface area contributed by atoms with Crippen molar-refractivity contribution in [2.45, 2.75) is 26.7 Å². The summed E-state index contributed by atoms with van der Waals surface area (Å²) in [5.41, 5.74) is 1.59. The second-order valence-corrected chi connectivity index (χ2v) is 5.98. The molecule has 0 aliphatic rings. The summed E-state index contributed by atoms with van der Waals surface area (Å²) in [7, 11) is 2.04. The van der Waals surface area contributed by atoms with Gasteiger partial charge < -0.3 is 10.2 Å². The molecule has 2 rings (SSSR count). The summed E-state index contributed by atoms with van der Waals surface area (Å²) in [6.07, 6.45) is 2.28. The molecule has 1 aromatic carbocycles. The molecule has 0 bridgehead atoms. The molecule has 2 aromatic rings. The number of unbranched alkanes of at least 4 members (excludes halogenated alkanes) is 1. The van der Waals surface area contributed by atoms with Crippen LogP contribution in [-0.4, -0.2) is 23.6 Å². The third kappa shape index (κ3) is 4.24. The van der Waals surface area contributed by atoms with Gasteiger partial charge in [-0.1, -0.05) is 42.6 Å². The van der Waals surface area contributed by atoms with Crippen molar-refractivity contribution in [3.8, 4) is 0 Å². The largest absolute Gasteiger partial charge is 0.360 e. The molecule has 0 atom stereocenters. The average Bonchev–Trinajstić information content (AvgIpc) is 2.49. The van der Waals surface area contributed by atoms with Crippen molar-refractivity contribution < 1.29 is 0 Å². The summed E-state index contributed by atoms with van der Waals surface area (Å²) >= 11 is 12.2. The number of nitrogens with one attached hydrogen (secondary N) is 1. The molecular formula is C16H20Cl2N4. The van der Waals surface area contributed by atoms with Crippen LogP contribution in [0.4, 0.5) is 17.5 Å². The molecule has 0 amide bonds. The molecule has 0 spiro atoms. The molecule has 0 aliphatic heterocycles. The molecule has 1 aromatic heterocycles. The first-order valence-electron chi connectivity index (χ1n) is 7.29. The van der Waals surface area contributed by atoms with Crippen LogP contribution in [0.1, 0.15) is 25.5 Å². The summed E-state index contributed by atoms with van der Waals surface area (Å²) in [5.74, 6) is 1.41. The standard InChI is InChI=1S/C16H20Cl2N4/c1-4-5-9-22(3)14-10-11(2)19-16(21-14)20-13-8-6-7-12(17)15(13)18/h6-8,10H,4-5,9H2,1-3H3,(H,19,20,21). The van der Waals surface area contributed by atoms with Crippen molar-refractivity contribution in [3.05, 3.63) is 40.0 Å². The van der Waals surface area contributed by atoms with Gasteiger partial charge in [0.1, 0.15) is 5.82 Å². The molecule has 0 saturated carbocycles. The number of halogens is 2. The van der Waals surface area contributed by atoms with E-state index in [0.29, 0.717) is 21.7 Å². The van der Waals surface area contributed by atoms with Crippen LogP contribution in [0.5, 0.6) is 0 Å². The van der Waals surface area contributed by atoms with Gasteiger partial charge in [-0.05, 0) is 25.5 Å². The Hall–Kier alpha value is -1.52. The van der Waals surface area contributed by atoms with E-state index in [0.717, 1.165) is 30.9 Å². The minimum atomic E-state index is 0.468. The molecular weight excluding hydrogens is 319 g/mol. The van der Waals surface area contributed by atoms with Crippen LogP contribution in [0.15, 0.2) is 24.3 Å². The van der Waals surface area contributed by atoms with E-state index in [-0.39, 0.29) is 0 Å². The van der Waals surface area contributed by atoms with Gasteiger partial charge in [-0.2, -0.15) is 4.98 Å². The highest BCUT2D eigenvalue weighted by molar-refractivity contribution is 6.43. The van der Waals surface area contributed by atoms with Crippen LogP contribution < -0.4 is 10.2 Å². The SMILES string of the molecule is CCCCN(C)c1cc(C)nc(Nc2cccc(Cl)c2Cl)n1. The Morgan fingerprint density at radius 2 is 2.00 bits per heavy atom. The second-order valence-electron chi connectivity index (χ2n) is 5.19. The van der Waals surface area contributed by atoms with Gasteiger partial charge in [0.05, 0.1) is 15.7 Å². The van der Waals surface area contributed by atoms with E-state index in [1.54, 1.807) is 6.07 Å². The number of rotatable bonds is 6. The van der Waals surface area contributed by atoms with Crippen LogP contribution in [0.2, 0.25) is 10.0 Å².